The molecule has 0 aromatic heterocycles. The summed E-state index contributed by atoms with van der Waals surface area (Å²) in [6.07, 6.45) is 3.42. The minimum Gasteiger partial charge on any atom is -0.492 e. The van der Waals surface area contributed by atoms with E-state index >= 15 is 0 Å². The first-order chi connectivity index (χ1) is 7.68. The molecule has 1 aliphatic carbocycles. The topological polar surface area (TPSA) is 46.5 Å². The van der Waals surface area contributed by atoms with Crippen LogP contribution in [-0.2, 0) is 0 Å². The highest BCUT2D eigenvalue weighted by Gasteiger charge is 2.21. The van der Waals surface area contributed by atoms with Crippen molar-refractivity contribution in [1.29, 1.82) is 0 Å². The van der Waals surface area contributed by atoms with E-state index in [1.54, 1.807) is 0 Å². The highest BCUT2D eigenvalue weighted by molar-refractivity contribution is 5.91. The number of rotatable bonds is 4. The monoisotopic (exact) mass is 224 g/mol. The average Bonchev–Trinajstić information content (AvgIpc) is 2.14. The Bertz CT molecular complexity index is 399. The van der Waals surface area contributed by atoms with Crippen LogP contribution in [0, 0.1) is 11.7 Å². The number of ether oxygens (including phenoxy) is 1. The Morgan fingerprint density at radius 3 is 2.81 bits per heavy atom. The molecule has 16 heavy (non-hydrogen) atoms. The molecular weight excluding hydrogens is 211 g/mol. The molecule has 1 saturated carbocycles. The molecule has 4 heteroatoms. The molecule has 1 aromatic carbocycles. The van der Waals surface area contributed by atoms with Crippen LogP contribution in [0.4, 0.5) is 4.39 Å². The number of aromatic carboxylic acids is 1. The smallest absolute Gasteiger partial charge is 0.342 e. The molecule has 0 saturated heterocycles. The predicted octanol–water partition coefficient (Wildman–Crippen LogP) is 2.70. The van der Waals surface area contributed by atoms with E-state index < -0.39 is 11.8 Å². The summed E-state index contributed by atoms with van der Waals surface area (Å²) in [5.41, 5.74) is -0.373. The van der Waals surface area contributed by atoms with Crippen molar-refractivity contribution in [1.82, 2.24) is 0 Å². The van der Waals surface area contributed by atoms with Crippen molar-refractivity contribution >= 4 is 5.97 Å². The van der Waals surface area contributed by atoms with Gasteiger partial charge in [0.25, 0.3) is 0 Å². The second-order valence-electron chi connectivity index (χ2n) is 4.03. The van der Waals surface area contributed by atoms with Crippen LogP contribution in [0.25, 0.3) is 0 Å². The number of hydrogen-bond donors (Lipinski definition) is 1. The fourth-order valence-corrected chi connectivity index (χ4v) is 1.70. The van der Waals surface area contributed by atoms with Crippen molar-refractivity contribution in [2.24, 2.45) is 5.92 Å². The molecule has 1 aliphatic rings. The van der Waals surface area contributed by atoms with Gasteiger partial charge >= 0.3 is 5.97 Å². The summed E-state index contributed by atoms with van der Waals surface area (Å²) in [4.78, 5) is 10.9. The number of carbonyl (C=O) groups is 1. The van der Waals surface area contributed by atoms with E-state index in [1.165, 1.54) is 18.6 Å². The number of halogens is 1. The Balaban J connectivity index is 2.12. The van der Waals surface area contributed by atoms with E-state index in [1.807, 2.05) is 0 Å². The molecule has 0 aliphatic heterocycles. The molecule has 86 valence electrons. The molecule has 0 spiro atoms. The van der Waals surface area contributed by atoms with Gasteiger partial charge in [0.1, 0.15) is 17.1 Å². The molecular formula is C12H13FO3. The third-order valence-corrected chi connectivity index (χ3v) is 2.89. The molecule has 1 N–H and O–H groups in total. The zero-order chi connectivity index (χ0) is 11.5. The summed E-state index contributed by atoms with van der Waals surface area (Å²) in [7, 11) is 0. The van der Waals surface area contributed by atoms with Gasteiger partial charge in [-0.25, -0.2) is 9.18 Å². The van der Waals surface area contributed by atoms with Crippen molar-refractivity contribution in [3.05, 3.63) is 29.6 Å². The van der Waals surface area contributed by atoms with Gasteiger partial charge in [0, 0.05) is 0 Å². The quantitative estimate of drug-likeness (QED) is 0.855. The zero-order valence-corrected chi connectivity index (χ0v) is 8.78. The van der Waals surface area contributed by atoms with Crippen LogP contribution >= 0.6 is 0 Å². The predicted molar refractivity (Wildman–Crippen MR) is 56.2 cm³/mol. The Hall–Kier alpha value is -1.58. The molecule has 2 rings (SSSR count). The maximum Gasteiger partial charge on any atom is 0.342 e. The van der Waals surface area contributed by atoms with E-state index in [0.717, 1.165) is 18.9 Å². The van der Waals surface area contributed by atoms with Crippen molar-refractivity contribution in [3.63, 3.8) is 0 Å². The molecule has 0 amide bonds. The Labute approximate surface area is 92.9 Å². The normalized spacial score (nSPS) is 15.6. The van der Waals surface area contributed by atoms with Crippen molar-refractivity contribution in [2.45, 2.75) is 19.3 Å². The molecule has 0 unspecified atom stereocenters. The summed E-state index contributed by atoms with van der Waals surface area (Å²) in [6.45, 7) is 0.476. The first kappa shape index (κ1) is 10.9. The van der Waals surface area contributed by atoms with Crippen LogP contribution < -0.4 is 4.74 Å². The van der Waals surface area contributed by atoms with Crippen LogP contribution in [0.1, 0.15) is 29.6 Å². The van der Waals surface area contributed by atoms with Crippen LogP contribution in [0.15, 0.2) is 18.2 Å². The molecule has 0 bridgehead atoms. The van der Waals surface area contributed by atoms with Gasteiger partial charge in [0.05, 0.1) is 6.61 Å². The van der Waals surface area contributed by atoms with E-state index in [0.29, 0.717) is 12.5 Å². The second-order valence-corrected chi connectivity index (χ2v) is 4.03. The van der Waals surface area contributed by atoms with E-state index in [2.05, 4.69) is 0 Å². The molecule has 0 radical (unpaired) electrons. The number of carboxylic acid groups (broad SMARTS) is 1. The number of benzene rings is 1. The van der Waals surface area contributed by atoms with Gasteiger partial charge in [-0.2, -0.15) is 0 Å². The lowest BCUT2D eigenvalue weighted by Gasteiger charge is -2.25. The van der Waals surface area contributed by atoms with Gasteiger partial charge in [-0.1, -0.05) is 12.5 Å². The highest BCUT2D eigenvalue weighted by atomic mass is 19.1. The molecule has 0 heterocycles. The summed E-state index contributed by atoms with van der Waals surface area (Å²) >= 11 is 0. The summed E-state index contributed by atoms with van der Waals surface area (Å²) in [5, 5.41) is 8.86. The van der Waals surface area contributed by atoms with Gasteiger partial charge in [-0.05, 0) is 30.9 Å². The molecule has 1 fully saturated rings. The molecule has 3 nitrogen and oxygen atoms in total. The van der Waals surface area contributed by atoms with Crippen molar-refractivity contribution < 1.29 is 19.0 Å². The van der Waals surface area contributed by atoms with Crippen molar-refractivity contribution in [2.75, 3.05) is 6.61 Å². The second kappa shape index (κ2) is 4.51. The standard InChI is InChI=1S/C12H13FO3/c13-9-5-2-6-10(11(9)12(14)15)16-7-8-3-1-4-8/h2,5-6,8H,1,3-4,7H2,(H,14,15). The van der Waals surface area contributed by atoms with E-state index in [-0.39, 0.29) is 11.3 Å². The summed E-state index contributed by atoms with van der Waals surface area (Å²) in [5.74, 6) is -1.43. The third kappa shape index (κ3) is 2.15. The summed E-state index contributed by atoms with van der Waals surface area (Å²) < 4.78 is 18.6. The van der Waals surface area contributed by atoms with E-state index in [4.69, 9.17) is 9.84 Å². The summed E-state index contributed by atoms with van der Waals surface area (Å²) in [6, 6.07) is 4.07. The largest absolute Gasteiger partial charge is 0.492 e. The van der Waals surface area contributed by atoms with Gasteiger partial charge in [0.2, 0.25) is 0 Å². The van der Waals surface area contributed by atoms with Gasteiger partial charge < -0.3 is 9.84 Å². The first-order valence-corrected chi connectivity index (χ1v) is 5.33. The van der Waals surface area contributed by atoms with Crippen LogP contribution in [-0.4, -0.2) is 17.7 Å². The Morgan fingerprint density at radius 2 is 2.25 bits per heavy atom. The SMILES string of the molecule is O=C(O)c1c(F)cccc1OCC1CCC1. The Morgan fingerprint density at radius 1 is 1.50 bits per heavy atom. The minimum absolute atomic E-state index is 0.124. The van der Waals surface area contributed by atoms with E-state index in [9.17, 15) is 9.18 Å². The van der Waals surface area contributed by atoms with Gasteiger partial charge in [-0.3, -0.25) is 0 Å². The molecule has 1 aromatic rings. The minimum atomic E-state index is -1.29. The van der Waals surface area contributed by atoms with Gasteiger partial charge in [-0.15, -0.1) is 0 Å². The highest BCUT2D eigenvalue weighted by Crippen LogP contribution is 2.28. The lowest BCUT2D eigenvalue weighted by molar-refractivity contribution is 0.0684. The first-order valence-electron chi connectivity index (χ1n) is 5.33. The van der Waals surface area contributed by atoms with Gasteiger partial charge in [0.15, 0.2) is 0 Å². The number of carboxylic acids is 1. The van der Waals surface area contributed by atoms with Crippen LogP contribution in [0.2, 0.25) is 0 Å². The lowest BCUT2D eigenvalue weighted by Crippen LogP contribution is -2.20. The lowest BCUT2D eigenvalue weighted by atomic mass is 9.86. The maximum atomic E-state index is 13.3. The number of hydrogen-bond acceptors (Lipinski definition) is 2. The van der Waals surface area contributed by atoms with Crippen LogP contribution in [0.3, 0.4) is 0 Å². The Kier molecular flexibility index (Phi) is 3.08. The average molecular weight is 224 g/mol. The molecule has 0 atom stereocenters. The fourth-order valence-electron chi connectivity index (χ4n) is 1.70. The van der Waals surface area contributed by atoms with Crippen LogP contribution in [0.5, 0.6) is 5.75 Å². The fraction of sp³-hybridized carbons (Fsp3) is 0.417. The third-order valence-electron chi connectivity index (χ3n) is 2.89. The zero-order valence-electron chi connectivity index (χ0n) is 8.78. The maximum absolute atomic E-state index is 13.3. The van der Waals surface area contributed by atoms with Crippen molar-refractivity contribution in [3.8, 4) is 5.75 Å².